The highest BCUT2D eigenvalue weighted by Gasteiger charge is 2.38. The number of anilines is 1. The molecule has 0 radical (unpaired) electrons. The van der Waals surface area contributed by atoms with Gasteiger partial charge >= 0.3 is 22.4 Å². The van der Waals surface area contributed by atoms with E-state index in [1.165, 1.54) is 0 Å². The first-order valence-corrected chi connectivity index (χ1v) is 8.49. The van der Waals surface area contributed by atoms with Gasteiger partial charge in [0, 0.05) is 18.8 Å². The third-order valence-electron chi connectivity index (χ3n) is 3.37. The maximum Gasteiger partial charge on any atom is 0.490 e. The molecule has 0 atom stereocenters. The van der Waals surface area contributed by atoms with E-state index in [4.69, 9.17) is 24.3 Å². The van der Waals surface area contributed by atoms with Crippen molar-refractivity contribution in [3.8, 4) is 0 Å². The Hall–Kier alpha value is -1.86. The molecule has 1 fully saturated rings. The summed E-state index contributed by atoms with van der Waals surface area (Å²) in [7, 11) is -3.88. The van der Waals surface area contributed by atoms with Gasteiger partial charge in [-0.3, -0.25) is 0 Å². The quantitative estimate of drug-likeness (QED) is 0.790. The van der Waals surface area contributed by atoms with Crippen molar-refractivity contribution in [1.29, 1.82) is 0 Å². The number of nitrogens with zero attached hydrogens (tertiary/aromatic N) is 2. The Bertz CT molecular complexity index is 697. The van der Waals surface area contributed by atoms with Gasteiger partial charge in [0.2, 0.25) is 5.88 Å². The maximum atomic E-state index is 11.8. The minimum Gasteiger partial charge on any atom is -0.475 e. The molecule has 2 rings (SSSR count). The summed E-state index contributed by atoms with van der Waals surface area (Å²) in [5.41, 5.74) is 1.35. The molecule has 1 aromatic rings. The summed E-state index contributed by atoms with van der Waals surface area (Å²) in [6.45, 7) is 4.55. The largest absolute Gasteiger partial charge is 0.490 e. The molecule has 3 N–H and O–H groups in total. The summed E-state index contributed by atoms with van der Waals surface area (Å²) in [6.07, 6.45) is -3.90. The first kappa shape index (κ1) is 21.2. The number of carboxylic acid groups (broad SMARTS) is 1. The number of carboxylic acids is 1. The zero-order valence-corrected chi connectivity index (χ0v) is 14.2. The second-order valence-corrected chi connectivity index (χ2v) is 6.61. The molecule has 0 aliphatic carbocycles. The molecule has 25 heavy (non-hydrogen) atoms. The van der Waals surface area contributed by atoms with E-state index in [9.17, 15) is 21.6 Å². The number of ether oxygens (including phenoxy) is 1. The van der Waals surface area contributed by atoms with Crippen molar-refractivity contribution in [3.05, 3.63) is 11.3 Å². The smallest absolute Gasteiger partial charge is 0.475 e. The van der Waals surface area contributed by atoms with E-state index < -0.39 is 22.4 Å². The number of carbonyl (C=O) groups is 1. The molecule has 1 saturated heterocycles. The standard InChI is InChI=1S/C10H17N3O4S.C2HF3O2/c1-7-8(2)12-17-10(7)13(18(11,14)15)9-3-5-16-6-4-9;3-2(4,5)1(6)7/h9H,3-6H2,1-2H3,(H2,11,14,15);(H,6,7). The molecule has 0 spiro atoms. The second kappa shape index (κ2) is 8.01. The number of halogens is 3. The van der Waals surface area contributed by atoms with Gasteiger partial charge in [0.1, 0.15) is 0 Å². The average molecular weight is 389 g/mol. The van der Waals surface area contributed by atoms with Crippen LogP contribution in [0, 0.1) is 13.8 Å². The summed E-state index contributed by atoms with van der Waals surface area (Å²) in [5, 5.41) is 16.2. The van der Waals surface area contributed by atoms with E-state index in [0.717, 1.165) is 4.31 Å². The summed E-state index contributed by atoms with van der Waals surface area (Å²) < 4.78 is 66.7. The highest BCUT2D eigenvalue weighted by atomic mass is 32.2. The van der Waals surface area contributed by atoms with Gasteiger partial charge in [-0.15, -0.1) is 0 Å². The molecule has 0 unspecified atom stereocenters. The number of hydrogen-bond acceptors (Lipinski definition) is 6. The van der Waals surface area contributed by atoms with Gasteiger partial charge < -0.3 is 14.4 Å². The van der Waals surface area contributed by atoms with Crippen molar-refractivity contribution in [1.82, 2.24) is 5.16 Å². The Morgan fingerprint density at radius 1 is 1.32 bits per heavy atom. The van der Waals surface area contributed by atoms with Crippen LogP contribution in [0.2, 0.25) is 0 Å². The van der Waals surface area contributed by atoms with Gasteiger partial charge in [0.05, 0.1) is 11.7 Å². The zero-order valence-electron chi connectivity index (χ0n) is 13.4. The van der Waals surface area contributed by atoms with E-state index in [-0.39, 0.29) is 11.9 Å². The number of hydrogen-bond donors (Lipinski definition) is 2. The Morgan fingerprint density at radius 3 is 2.12 bits per heavy atom. The molecule has 0 aromatic carbocycles. The van der Waals surface area contributed by atoms with E-state index in [1.54, 1.807) is 13.8 Å². The van der Waals surface area contributed by atoms with Crippen LogP contribution in [0.5, 0.6) is 0 Å². The third-order valence-corrected chi connectivity index (χ3v) is 4.38. The lowest BCUT2D eigenvalue weighted by Crippen LogP contribution is -2.47. The summed E-state index contributed by atoms with van der Waals surface area (Å²) in [5.74, 6) is -2.55. The van der Waals surface area contributed by atoms with Gasteiger partial charge in [0.25, 0.3) is 0 Å². The van der Waals surface area contributed by atoms with Crippen molar-refractivity contribution < 1.29 is 40.8 Å². The Kier molecular flexibility index (Phi) is 6.79. The fraction of sp³-hybridized carbons (Fsp3) is 0.667. The Labute approximate surface area is 141 Å². The molecule has 13 heteroatoms. The lowest BCUT2D eigenvalue weighted by Gasteiger charge is -2.31. The molecule has 0 saturated carbocycles. The Balaban J connectivity index is 0.000000381. The van der Waals surface area contributed by atoms with Crippen LogP contribution >= 0.6 is 0 Å². The Morgan fingerprint density at radius 2 is 1.80 bits per heavy atom. The van der Waals surface area contributed by atoms with Crippen LogP contribution < -0.4 is 9.44 Å². The number of aliphatic carboxylic acids is 1. The molecular weight excluding hydrogens is 371 g/mol. The summed E-state index contributed by atoms with van der Waals surface area (Å²) in [4.78, 5) is 8.90. The van der Waals surface area contributed by atoms with Gasteiger partial charge in [-0.2, -0.15) is 21.6 Å². The molecule has 0 bridgehead atoms. The van der Waals surface area contributed by atoms with Crippen molar-refractivity contribution in [2.75, 3.05) is 17.5 Å². The maximum absolute atomic E-state index is 11.8. The molecular formula is C12H18F3N3O6S. The van der Waals surface area contributed by atoms with Gasteiger partial charge in [-0.1, -0.05) is 5.16 Å². The molecule has 0 amide bonds. The first-order chi connectivity index (χ1) is 11.4. The highest BCUT2D eigenvalue weighted by Crippen LogP contribution is 2.29. The van der Waals surface area contributed by atoms with Crippen LogP contribution in [0.25, 0.3) is 0 Å². The van der Waals surface area contributed by atoms with Crippen LogP contribution in [0.1, 0.15) is 24.1 Å². The van der Waals surface area contributed by atoms with Crippen molar-refractivity contribution in [3.63, 3.8) is 0 Å². The van der Waals surface area contributed by atoms with Gasteiger partial charge in [-0.05, 0) is 26.7 Å². The van der Waals surface area contributed by atoms with Crippen LogP contribution in [0.15, 0.2) is 4.52 Å². The molecule has 144 valence electrons. The molecule has 1 aliphatic heterocycles. The summed E-state index contributed by atoms with van der Waals surface area (Å²) in [6, 6.07) is -0.236. The van der Waals surface area contributed by atoms with E-state index in [1.807, 2.05) is 0 Å². The summed E-state index contributed by atoms with van der Waals surface area (Å²) >= 11 is 0. The fourth-order valence-electron chi connectivity index (χ4n) is 2.02. The van der Waals surface area contributed by atoms with Crippen LogP contribution in [-0.4, -0.2) is 50.1 Å². The third kappa shape index (κ3) is 5.86. The van der Waals surface area contributed by atoms with Gasteiger partial charge in [-0.25, -0.2) is 14.2 Å². The SMILES string of the molecule is Cc1noc(N(C2CCOCC2)S(N)(=O)=O)c1C.O=C(O)C(F)(F)F. The monoisotopic (exact) mass is 389 g/mol. The molecule has 2 heterocycles. The molecule has 9 nitrogen and oxygen atoms in total. The molecule has 1 aromatic heterocycles. The van der Waals surface area contributed by atoms with Crippen LogP contribution in [0.4, 0.5) is 19.1 Å². The number of aryl methyl sites for hydroxylation is 1. The first-order valence-electron chi connectivity index (χ1n) is 6.98. The van der Waals surface area contributed by atoms with Crippen LogP contribution in [0.3, 0.4) is 0 Å². The van der Waals surface area contributed by atoms with Gasteiger partial charge in [0.15, 0.2) is 0 Å². The predicted octanol–water partition coefficient (Wildman–Crippen LogP) is 1.11. The number of rotatable bonds is 3. The highest BCUT2D eigenvalue weighted by molar-refractivity contribution is 7.90. The zero-order chi connectivity index (χ0) is 19.4. The van der Waals surface area contributed by atoms with Crippen molar-refractivity contribution in [2.45, 2.75) is 38.9 Å². The number of alkyl halides is 3. The lowest BCUT2D eigenvalue weighted by molar-refractivity contribution is -0.192. The minimum absolute atomic E-state index is 0.210. The van der Waals surface area contributed by atoms with E-state index in [0.29, 0.717) is 37.3 Å². The fourth-order valence-corrected chi connectivity index (χ4v) is 3.05. The lowest BCUT2D eigenvalue weighted by atomic mass is 10.1. The van der Waals surface area contributed by atoms with Crippen molar-refractivity contribution >= 4 is 22.1 Å². The molecule has 1 aliphatic rings. The van der Waals surface area contributed by atoms with Crippen molar-refractivity contribution in [2.24, 2.45) is 5.14 Å². The minimum atomic E-state index is -5.08. The topological polar surface area (TPSA) is 136 Å². The normalized spacial score (nSPS) is 16.1. The average Bonchev–Trinajstić information content (AvgIpc) is 2.79. The number of nitrogens with two attached hydrogens (primary N) is 1. The van der Waals surface area contributed by atoms with Crippen LogP contribution in [-0.2, 0) is 19.7 Å². The van der Waals surface area contributed by atoms with E-state index >= 15 is 0 Å². The second-order valence-electron chi connectivity index (χ2n) is 5.19. The number of aromatic nitrogens is 1. The van der Waals surface area contributed by atoms with E-state index in [2.05, 4.69) is 5.16 Å². The predicted molar refractivity (Wildman–Crippen MR) is 79.1 cm³/mol.